The van der Waals surface area contributed by atoms with Crippen molar-refractivity contribution in [1.29, 1.82) is 0 Å². The Hall–Kier alpha value is -1.81. The number of carbonyl (C=O) groups is 1. The van der Waals surface area contributed by atoms with Crippen LogP contribution in [0.3, 0.4) is 0 Å². The molecule has 0 saturated carbocycles. The molecule has 1 aromatic heterocycles. The van der Waals surface area contributed by atoms with Crippen molar-refractivity contribution in [3.8, 4) is 5.75 Å². The first kappa shape index (κ1) is 12.6. The fourth-order valence-corrected chi connectivity index (χ4v) is 1.76. The molecule has 0 saturated heterocycles. The van der Waals surface area contributed by atoms with E-state index in [0.29, 0.717) is 16.3 Å². The zero-order chi connectivity index (χ0) is 13.1. The van der Waals surface area contributed by atoms with Crippen LogP contribution in [0.2, 0.25) is 5.02 Å². The molecule has 2 rings (SSSR count). The van der Waals surface area contributed by atoms with Crippen molar-refractivity contribution in [3.05, 3.63) is 47.2 Å². The van der Waals surface area contributed by atoms with E-state index in [1.165, 1.54) is 6.20 Å². The number of benzene rings is 1. The quantitative estimate of drug-likeness (QED) is 0.798. The molecule has 1 aromatic carbocycles. The van der Waals surface area contributed by atoms with Gasteiger partial charge < -0.3 is 4.74 Å². The third kappa shape index (κ3) is 2.90. The van der Waals surface area contributed by atoms with E-state index in [1.54, 1.807) is 49.1 Å². The molecule has 0 bridgehead atoms. The van der Waals surface area contributed by atoms with Gasteiger partial charge in [-0.15, -0.1) is 0 Å². The van der Waals surface area contributed by atoms with Crippen LogP contribution in [-0.2, 0) is 7.05 Å². The second-order valence-corrected chi connectivity index (χ2v) is 4.42. The molecular weight excluding hydrogens is 252 g/mol. The maximum atomic E-state index is 12.0. The third-order valence-corrected chi connectivity index (χ3v) is 2.70. The van der Waals surface area contributed by atoms with Gasteiger partial charge in [0, 0.05) is 18.3 Å². The van der Waals surface area contributed by atoms with Crippen LogP contribution in [0.25, 0.3) is 0 Å². The third-order valence-electron chi connectivity index (χ3n) is 2.47. The Morgan fingerprint density at radius 2 is 2.28 bits per heavy atom. The summed E-state index contributed by atoms with van der Waals surface area (Å²) in [6.45, 7) is 1.70. The molecule has 2 aromatic rings. The van der Waals surface area contributed by atoms with Crippen molar-refractivity contribution >= 4 is 17.4 Å². The summed E-state index contributed by atoms with van der Waals surface area (Å²) in [6.07, 6.45) is 2.62. The summed E-state index contributed by atoms with van der Waals surface area (Å²) in [6, 6.07) is 6.97. The number of nitrogens with zero attached hydrogens (tertiary/aromatic N) is 2. The number of aromatic nitrogens is 2. The largest absolute Gasteiger partial charge is 0.483 e. The minimum Gasteiger partial charge on any atom is -0.483 e. The van der Waals surface area contributed by atoms with Crippen LogP contribution in [0, 0.1) is 0 Å². The van der Waals surface area contributed by atoms with Gasteiger partial charge in [-0.2, -0.15) is 5.10 Å². The van der Waals surface area contributed by atoms with E-state index < -0.39 is 6.10 Å². The van der Waals surface area contributed by atoms with Gasteiger partial charge in [0.25, 0.3) is 0 Å². The Balaban J connectivity index is 2.08. The van der Waals surface area contributed by atoms with Crippen LogP contribution in [-0.4, -0.2) is 21.7 Å². The lowest BCUT2D eigenvalue weighted by molar-refractivity contribution is 0.0818. The van der Waals surface area contributed by atoms with Crippen molar-refractivity contribution < 1.29 is 9.53 Å². The number of rotatable bonds is 4. The molecule has 0 fully saturated rings. The second-order valence-electron chi connectivity index (χ2n) is 3.98. The van der Waals surface area contributed by atoms with E-state index in [2.05, 4.69) is 5.10 Å². The van der Waals surface area contributed by atoms with E-state index in [0.717, 1.165) is 0 Å². The molecule has 0 N–H and O–H groups in total. The predicted octanol–water partition coefficient (Wildman–Crippen LogP) is 2.72. The van der Waals surface area contributed by atoms with E-state index in [4.69, 9.17) is 16.3 Å². The van der Waals surface area contributed by atoms with Crippen LogP contribution in [0.15, 0.2) is 36.7 Å². The zero-order valence-electron chi connectivity index (χ0n) is 10.1. The topological polar surface area (TPSA) is 44.1 Å². The van der Waals surface area contributed by atoms with Gasteiger partial charge in [-0.25, -0.2) is 0 Å². The van der Waals surface area contributed by atoms with Crippen molar-refractivity contribution in [2.45, 2.75) is 13.0 Å². The Labute approximate surface area is 110 Å². The summed E-state index contributed by atoms with van der Waals surface area (Å²) < 4.78 is 7.13. The van der Waals surface area contributed by atoms with Gasteiger partial charge in [-0.05, 0) is 25.1 Å². The molecule has 0 radical (unpaired) electrons. The fourth-order valence-electron chi connectivity index (χ4n) is 1.58. The molecule has 18 heavy (non-hydrogen) atoms. The summed E-state index contributed by atoms with van der Waals surface area (Å²) in [4.78, 5) is 12.0. The molecule has 4 nitrogen and oxygen atoms in total. The molecular formula is C13H13ClN2O2. The highest BCUT2D eigenvalue weighted by Crippen LogP contribution is 2.19. The average Bonchev–Trinajstić information content (AvgIpc) is 2.75. The van der Waals surface area contributed by atoms with E-state index in [-0.39, 0.29) is 5.78 Å². The number of halogens is 1. The summed E-state index contributed by atoms with van der Waals surface area (Å²) >= 11 is 5.85. The Morgan fingerprint density at radius 1 is 1.50 bits per heavy atom. The van der Waals surface area contributed by atoms with Crippen LogP contribution in [0.1, 0.15) is 17.3 Å². The maximum Gasteiger partial charge on any atom is 0.206 e. The van der Waals surface area contributed by atoms with Crippen LogP contribution in [0.4, 0.5) is 0 Å². The van der Waals surface area contributed by atoms with Gasteiger partial charge >= 0.3 is 0 Å². The van der Waals surface area contributed by atoms with Crippen LogP contribution in [0.5, 0.6) is 5.75 Å². The first-order chi connectivity index (χ1) is 8.56. The highest BCUT2D eigenvalue weighted by atomic mass is 35.5. The van der Waals surface area contributed by atoms with Gasteiger partial charge in [0.05, 0.1) is 11.8 Å². The number of hydrogen-bond acceptors (Lipinski definition) is 3. The molecule has 0 spiro atoms. The molecule has 5 heteroatoms. The summed E-state index contributed by atoms with van der Waals surface area (Å²) in [5, 5.41) is 4.54. The minimum atomic E-state index is -0.576. The maximum absolute atomic E-state index is 12.0. The second kappa shape index (κ2) is 5.23. The van der Waals surface area contributed by atoms with E-state index in [9.17, 15) is 4.79 Å². The van der Waals surface area contributed by atoms with Crippen molar-refractivity contribution in [3.63, 3.8) is 0 Å². The van der Waals surface area contributed by atoms with Crippen molar-refractivity contribution in [2.75, 3.05) is 0 Å². The van der Waals surface area contributed by atoms with Gasteiger partial charge in [0.2, 0.25) is 5.78 Å². The zero-order valence-corrected chi connectivity index (χ0v) is 10.9. The van der Waals surface area contributed by atoms with Gasteiger partial charge in [0.1, 0.15) is 5.75 Å². The number of Topliss-reactive ketones (excluding diaryl/α,β-unsaturated/α-hetero) is 1. The number of carbonyl (C=O) groups excluding carboxylic acids is 1. The monoisotopic (exact) mass is 264 g/mol. The predicted molar refractivity (Wildman–Crippen MR) is 69.1 cm³/mol. The molecule has 94 valence electrons. The first-order valence-electron chi connectivity index (χ1n) is 5.51. The molecule has 0 aliphatic rings. The Morgan fingerprint density at radius 3 is 2.89 bits per heavy atom. The highest BCUT2D eigenvalue weighted by molar-refractivity contribution is 6.30. The van der Waals surface area contributed by atoms with Crippen molar-refractivity contribution in [1.82, 2.24) is 9.78 Å². The number of ketones is 1. The van der Waals surface area contributed by atoms with E-state index >= 15 is 0 Å². The lowest BCUT2D eigenvalue weighted by Crippen LogP contribution is -2.23. The molecule has 1 atom stereocenters. The Bertz CT molecular complexity index is 566. The van der Waals surface area contributed by atoms with Crippen molar-refractivity contribution in [2.24, 2.45) is 7.05 Å². The first-order valence-corrected chi connectivity index (χ1v) is 5.89. The average molecular weight is 265 g/mol. The molecule has 0 aliphatic heterocycles. The SMILES string of the molecule is CC(Oc1cccc(Cl)c1)C(=O)c1cnn(C)c1. The molecule has 0 amide bonds. The lowest BCUT2D eigenvalue weighted by atomic mass is 10.1. The van der Waals surface area contributed by atoms with Crippen LogP contribution < -0.4 is 4.74 Å². The Kier molecular flexibility index (Phi) is 3.67. The molecule has 1 unspecified atom stereocenters. The summed E-state index contributed by atoms with van der Waals surface area (Å²) in [5.74, 6) is 0.468. The number of aryl methyl sites for hydroxylation is 1. The fraction of sp³-hybridized carbons (Fsp3) is 0.231. The highest BCUT2D eigenvalue weighted by Gasteiger charge is 2.18. The summed E-state index contributed by atoms with van der Waals surface area (Å²) in [7, 11) is 1.76. The van der Waals surface area contributed by atoms with E-state index in [1.807, 2.05) is 0 Å². The molecule has 1 heterocycles. The number of hydrogen-bond donors (Lipinski definition) is 0. The lowest BCUT2D eigenvalue weighted by Gasteiger charge is -2.12. The number of ether oxygens (including phenoxy) is 1. The summed E-state index contributed by atoms with van der Waals surface area (Å²) in [5.41, 5.74) is 0.534. The van der Waals surface area contributed by atoms with Gasteiger partial charge in [-0.1, -0.05) is 17.7 Å². The minimum absolute atomic E-state index is 0.108. The normalized spacial score (nSPS) is 12.2. The van der Waals surface area contributed by atoms with Crippen LogP contribution >= 0.6 is 11.6 Å². The smallest absolute Gasteiger partial charge is 0.206 e. The van der Waals surface area contributed by atoms with Gasteiger partial charge in [0.15, 0.2) is 6.10 Å². The van der Waals surface area contributed by atoms with Gasteiger partial charge in [-0.3, -0.25) is 9.48 Å². The molecule has 0 aliphatic carbocycles. The standard InChI is InChI=1S/C13H13ClN2O2/c1-9(13(17)10-7-15-16(2)8-10)18-12-5-3-4-11(14)6-12/h3-9H,1-2H3.